The molecule has 0 saturated carbocycles. The molecule has 0 bridgehead atoms. The molecule has 0 radical (unpaired) electrons. The molecule has 1 heterocycles. The van der Waals surface area contributed by atoms with E-state index in [-0.39, 0.29) is 0 Å². The van der Waals surface area contributed by atoms with Gasteiger partial charge in [-0.25, -0.2) is 4.68 Å². The van der Waals surface area contributed by atoms with E-state index in [9.17, 15) is 0 Å². The first-order valence-corrected chi connectivity index (χ1v) is 6.76. The summed E-state index contributed by atoms with van der Waals surface area (Å²) in [6, 6.07) is 8.09. The predicted octanol–water partition coefficient (Wildman–Crippen LogP) is 2.70. The van der Waals surface area contributed by atoms with Crippen molar-refractivity contribution in [1.82, 2.24) is 9.78 Å². The summed E-state index contributed by atoms with van der Waals surface area (Å²) in [5, 5.41) is 7.74. The first-order valence-electron chi connectivity index (χ1n) is 5.97. The highest BCUT2D eigenvalue weighted by Gasteiger charge is 2.07. The maximum atomic E-state index is 5.48. The lowest BCUT2D eigenvalue weighted by atomic mass is 10.3. The molecule has 0 unspecified atom stereocenters. The quantitative estimate of drug-likeness (QED) is 0.835. The summed E-state index contributed by atoms with van der Waals surface area (Å²) in [5.74, 6) is 0. The molecule has 5 heteroatoms. The summed E-state index contributed by atoms with van der Waals surface area (Å²) in [6.45, 7) is 3.64. The van der Waals surface area contributed by atoms with Gasteiger partial charge in [-0.15, -0.1) is 0 Å². The zero-order chi connectivity index (χ0) is 13.0. The van der Waals surface area contributed by atoms with Gasteiger partial charge in [-0.2, -0.15) is 5.10 Å². The van der Waals surface area contributed by atoms with Crippen LogP contribution in [0, 0.1) is 6.92 Å². The maximum absolute atomic E-state index is 5.48. The lowest BCUT2D eigenvalue weighted by molar-refractivity contribution is 0.844. The molecule has 3 N–H and O–H groups in total. The third kappa shape index (κ3) is 2.91. The molecule has 1 aromatic carbocycles. The summed E-state index contributed by atoms with van der Waals surface area (Å²) in [6.07, 6.45) is 2.82. The number of halogens is 1. The van der Waals surface area contributed by atoms with Gasteiger partial charge in [-0.05, 0) is 44.2 Å². The molecule has 2 rings (SSSR count). The first-order chi connectivity index (χ1) is 8.72. The largest absolute Gasteiger partial charge is 0.382 e. The molecule has 0 aliphatic carbocycles. The Kier molecular flexibility index (Phi) is 4.38. The van der Waals surface area contributed by atoms with E-state index in [1.807, 2.05) is 35.1 Å². The Hall–Kier alpha value is -1.33. The molecule has 4 nitrogen and oxygen atoms in total. The number of rotatable bonds is 5. The van der Waals surface area contributed by atoms with Crippen LogP contribution in [0.3, 0.4) is 0 Å². The van der Waals surface area contributed by atoms with Crippen molar-refractivity contribution in [3.05, 3.63) is 40.6 Å². The fourth-order valence-electron chi connectivity index (χ4n) is 1.75. The minimum absolute atomic E-state index is 0.701. The Morgan fingerprint density at radius 3 is 2.72 bits per heavy atom. The summed E-state index contributed by atoms with van der Waals surface area (Å²) < 4.78 is 2.99. The van der Waals surface area contributed by atoms with Gasteiger partial charge in [0.1, 0.15) is 0 Å². The van der Waals surface area contributed by atoms with Crippen LogP contribution in [0.4, 0.5) is 5.69 Å². The van der Waals surface area contributed by atoms with Gasteiger partial charge >= 0.3 is 0 Å². The SMILES string of the molecule is Cc1c(NCCCN)cnn1-c1ccc(Br)cc1. The number of aromatic nitrogens is 2. The van der Waals surface area contributed by atoms with Crippen LogP contribution in [0.2, 0.25) is 0 Å². The van der Waals surface area contributed by atoms with E-state index >= 15 is 0 Å². The lowest BCUT2D eigenvalue weighted by Gasteiger charge is -2.07. The molecule has 2 aromatic rings. The Bertz CT molecular complexity index is 504. The zero-order valence-electron chi connectivity index (χ0n) is 10.4. The van der Waals surface area contributed by atoms with E-state index in [4.69, 9.17) is 5.73 Å². The Morgan fingerprint density at radius 2 is 2.06 bits per heavy atom. The van der Waals surface area contributed by atoms with Gasteiger partial charge in [0.05, 0.1) is 23.3 Å². The molecular weight excluding hydrogens is 292 g/mol. The van der Waals surface area contributed by atoms with Crippen molar-refractivity contribution in [2.45, 2.75) is 13.3 Å². The van der Waals surface area contributed by atoms with E-state index in [0.29, 0.717) is 6.54 Å². The van der Waals surface area contributed by atoms with Gasteiger partial charge in [-0.1, -0.05) is 15.9 Å². The van der Waals surface area contributed by atoms with Crippen LogP contribution in [-0.2, 0) is 0 Å². The van der Waals surface area contributed by atoms with Crippen LogP contribution in [0.1, 0.15) is 12.1 Å². The van der Waals surface area contributed by atoms with Crippen molar-refractivity contribution in [2.75, 3.05) is 18.4 Å². The first kappa shape index (κ1) is 13.1. The third-order valence-corrected chi connectivity index (χ3v) is 3.31. The molecule has 0 aliphatic rings. The van der Waals surface area contributed by atoms with Gasteiger partial charge in [0.25, 0.3) is 0 Å². The van der Waals surface area contributed by atoms with Crippen molar-refractivity contribution in [1.29, 1.82) is 0 Å². The number of nitrogens with one attached hydrogen (secondary N) is 1. The maximum Gasteiger partial charge on any atom is 0.0761 e. The Balaban J connectivity index is 2.17. The van der Waals surface area contributed by atoms with Gasteiger partial charge < -0.3 is 11.1 Å². The Labute approximate surface area is 115 Å². The molecular formula is C13H17BrN4. The van der Waals surface area contributed by atoms with Crippen molar-refractivity contribution in [3.63, 3.8) is 0 Å². The second kappa shape index (κ2) is 6.02. The monoisotopic (exact) mass is 308 g/mol. The Morgan fingerprint density at radius 1 is 1.33 bits per heavy atom. The molecule has 0 atom stereocenters. The molecule has 0 amide bonds. The smallest absolute Gasteiger partial charge is 0.0761 e. The van der Waals surface area contributed by atoms with Crippen LogP contribution in [-0.4, -0.2) is 22.9 Å². The number of anilines is 1. The predicted molar refractivity (Wildman–Crippen MR) is 78.2 cm³/mol. The van der Waals surface area contributed by atoms with E-state index < -0.39 is 0 Å². The van der Waals surface area contributed by atoms with Gasteiger partial charge in [0.15, 0.2) is 0 Å². The highest BCUT2D eigenvalue weighted by atomic mass is 79.9. The highest BCUT2D eigenvalue weighted by Crippen LogP contribution is 2.19. The topological polar surface area (TPSA) is 55.9 Å². The summed E-state index contributed by atoms with van der Waals surface area (Å²) in [4.78, 5) is 0. The van der Waals surface area contributed by atoms with Crippen LogP contribution in [0.5, 0.6) is 0 Å². The number of hydrogen-bond donors (Lipinski definition) is 2. The van der Waals surface area contributed by atoms with E-state index in [1.165, 1.54) is 0 Å². The lowest BCUT2D eigenvalue weighted by Crippen LogP contribution is -2.09. The fourth-order valence-corrected chi connectivity index (χ4v) is 2.02. The number of benzene rings is 1. The van der Waals surface area contributed by atoms with Crippen LogP contribution in [0.25, 0.3) is 5.69 Å². The van der Waals surface area contributed by atoms with E-state index in [1.54, 1.807) is 0 Å². The van der Waals surface area contributed by atoms with E-state index in [2.05, 4.69) is 33.3 Å². The van der Waals surface area contributed by atoms with Gasteiger partial charge in [0, 0.05) is 11.0 Å². The summed E-state index contributed by atoms with van der Waals surface area (Å²) in [5.41, 5.74) is 8.70. The minimum Gasteiger partial charge on any atom is -0.382 e. The second-order valence-corrected chi connectivity index (χ2v) is 5.02. The van der Waals surface area contributed by atoms with Gasteiger partial charge in [0.2, 0.25) is 0 Å². The normalized spacial score (nSPS) is 10.6. The average Bonchev–Trinajstić information content (AvgIpc) is 2.73. The molecule has 96 valence electrons. The zero-order valence-corrected chi connectivity index (χ0v) is 11.9. The van der Waals surface area contributed by atoms with E-state index in [0.717, 1.165) is 34.5 Å². The molecule has 0 aliphatic heterocycles. The fraction of sp³-hybridized carbons (Fsp3) is 0.308. The summed E-state index contributed by atoms with van der Waals surface area (Å²) in [7, 11) is 0. The minimum atomic E-state index is 0.701. The van der Waals surface area contributed by atoms with Crippen LogP contribution in [0.15, 0.2) is 34.9 Å². The van der Waals surface area contributed by atoms with Crippen molar-refractivity contribution < 1.29 is 0 Å². The molecule has 18 heavy (non-hydrogen) atoms. The summed E-state index contributed by atoms with van der Waals surface area (Å²) >= 11 is 3.43. The van der Waals surface area contributed by atoms with Crippen LogP contribution < -0.4 is 11.1 Å². The number of hydrogen-bond acceptors (Lipinski definition) is 3. The van der Waals surface area contributed by atoms with Crippen molar-refractivity contribution >= 4 is 21.6 Å². The third-order valence-electron chi connectivity index (χ3n) is 2.78. The molecule has 0 saturated heterocycles. The van der Waals surface area contributed by atoms with Gasteiger partial charge in [-0.3, -0.25) is 0 Å². The van der Waals surface area contributed by atoms with Crippen LogP contribution >= 0.6 is 15.9 Å². The molecule has 0 spiro atoms. The van der Waals surface area contributed by atoms with Crippen molar-refractivity contribution in [2.24, 2.45) is 5.73 Å². The standard InChI is InChI=1S/C13H17BrN4/c1-10-13(16-8-2-7-15)9-17-18(10)12-5-3-11(14)4-6-12/h3-6,9,16H,2,7-8,15H2,1H3. The number of nitrogens with two attached hydrogens (primary N) is 1. The average molecular weight is 309 g/mol. The second-order valence-electron chi connectivity index (χ2n) is 4.10. The highest BCUT2D eigenvalue weighted by molar-refractivity contribution is 9.10. The van der Waals surface area contributed by atoms with Crippen molar-refractivity contribution in [3.8, 4) is 5.69 Å². The molecule has 1 aromatic heterocycles. The molecule has 0 fully saturated rings. The number of nitrogens with zero attached hydrogens (tertiary/aromatic N) is 2.